The molecule has 1 aliphatic rings. The molecule has 17 heavy (non-hydrogen) atoms. The summed E-state index contributed by atoms with van der Waals surface area (Å²) in [5, 5.41) is 0. The molecule has 4 nitrogen and oxygen atoms in total. The summed E-state index contributed by atoms with van der Waals surface area (Å²) in [7, 11) is 0. The van der Waals surface area contributed by atoms with Crippen LogP contribution in [0.3, 0.4) is 0 Å². The quantitative estimate of drug-likeness (QED) is 0.343. The van der Waals surface area contributed by atoms with E-state index in [2.05, 4.69) is 31.1 Å². The smallest absolute Gasteiger partial charge is 0.208 e. The molecule has 0 aromatic carbocycles. The third-order valence-electron chi connectivity index (χ3n) is 3.37. The van der Waals surface area contributed by atoms with Crippen molar-refractivity contribution in [3.63, 3.8) is 0 Å². The summed E-state index contributed by atoms with van der Waals surface area (Å²) in [6, 6.07) is 0.904. The summed E-state index contributed by atoms with van der Waals surface area (Å²) in [5.74, 6) is 6.51. The van der Waals surface area contributed by atoms with E-state index >= 15 is 0 Å². The van der Waals surface area contributed by atoms with Crippen LogP contribution in [-0.4, -0.2) is 29.5 Å². The zero-order valence-electron chi connectivity index (χ0n) is 11.6. The van der Waals surface area contributed by atoms with Crippen molar-refractivity contribution < 1.29 is 0 Å². The van der Waals surface area contributed by atoms with Crippen LogP contribution in [0.25, 0.3) is 0 Å². The topological polar surface area (TPSA) is 53.6 Å². The van der Waals surface area contributed by atoms with E-state index in [1.807, 2.05) is 0 Å². The van der Waals surface area contributed by atoms with Crippen LogP contribution >= 0.6 is 0 Å². The van der Waals surface area contributed by atoms with Gasteiger partial charge in [-0.3, -0.25) is 5.43 Å². The van der Waals surface area contributed by atoms with Crippen LogP contribution in [0.1, 0.15) is 59.3 Å². The maximum absolute atomic E-state index is 5.64. The molecule has 0 atom stereocenters. The van der Waals surface area contributed by atoms with Crippen LogP contribution in [0.15, 0.2) is 4.99 Å². The predicted molar refractivity (Wildman–Crippen MR) is 73.8 cm³/mol. The number of nitrogens with two attached hydrogens (primary N) is 1. The molecule has 1 rings (SSSR count). The van der Waals surface area contributed by atoms with E-state index in [-0.39, 0.29) is 0 Å². The van der Waals surface area contributed by atoms with Crippen LogP contribution < -0.4 is 11.3 Å². The van der Waals surface area contributed by atoms with E-state index in [1.165, 1.54) is 32.1 Å². The first-order valence-corrected chi connectivity index (χ1v) is 7.00. The molecule has 0 bridgehead atoms. The second kappa shape index (κ2) is 7.54. The first-order chi connectivity index (χ1) is 8.19. The molecule has 0 heterocycles. The molecule has 0 radical (unpaired) electrons. The molecular formula is C13H28N4. The van der Waals surface area contributed by atoms with E-state index in [0.717, 1.165) is 18.9 Å². The van der Waals surface area contributed by atoms with Gasteiger partial charge in [0.2, 0.25) is 5.96 Å². The van der Waals surface area contributed by atoms with E-state index in [4.69, 9.17) is 10.8 Å². The van der Waals surface area contributed by atoms with Crippen molar-refractivity contribution in [3.05, 3.63) is 0 Å². The number of nitrogens with one attached hydrogen (secondary N) is 1. The largest absolute Gasteiger partial charge is 0.340 e. The molecule has 0 aromatic heterocycles. The lowest BCUT2D eigenvalue weighted by molar-refractivity contribution is 0.331. The van der Waals surface area contributed by atoms with E-state index in [1.54, 1.807) is 0 Å². The highest BCUT2D eigenvalue weighted by Crippen LogP contribution is 2.20. The first-order valence-electron chi connectivity index (χ1n) is 7.00. The van der Waals surface area contributed by atoms with Crippen LogP contribution in [0.2, 0.25) is 0 Å². The van der Waals surface area contributed by atoms with Gasteiger partial charge in [-0.05, 0) is 33.1 Å². The Morgan fingerprint density at radius 1 is 1.35 bits per heavy atom. The number of nitrogens with zero attached hydrogens (tertiary/aromatic N) is 2. The predicted octanol–water partition coefficient (Wildman–Crippen LogP) is 2.26. The van der Waals surface area contributed by atoms with Crippen LogP contribution in [0.5, 0.6) is 0 Å². The number of guanidine groups is 1. The second-order valence-electron chi connectivity index (χ2n) is 5.18. The fourth-order valence-corrected chi connectivity index (χ4v) is 2.43. The van der Waals surface area contributed by atoms with Gasteiger partial charge in [-0.2, -0.15) is 0 Å². The second-order valence-corrected chi connectivity index (χ2v) is 5.18. The Bertz CT molecular complexity index is 232. The molecule has 100 valence electrons. The minimum absolute atomic E-state index is 0.438. The Morgan fingerprint density at radius 3 is 2.47 bits per heavy atom. The number of rotatable bonds is 4. The average molecular weight is 240 g/mol. The number of aliphatic imine (C=N–C) groups is 1. The summed E-state index contributed by atoms with van der Waals surface area (Å²) in [4.78, 5) is 7.06. The van der Waals surface area contributed by atoms with Crippen molar-refractivity contribution in [2.45, 2.75) is 71.4 Å². The third-order valence-corrected chi connectivity index (χ3v) is 3.37. The van der Waals surface area contributed by atoms with Gasteiger partial charge in [0.1, 0.15) is 0 Å². The average Bonchev–Trinajstić information content (AvgIpc) is 2.34. The van der Waals surface area contributed by atoms with Crippen molar-refractivity contribution in [1.29, 1.82) is 0 Å². The minimum atomic E-state index is 0.438. The third kappa shape index (κ3) is 4.54. The minimum Gasteiger partial charge on any atom is -0.340 e. The molecule has 1 saturated carbocycles. The molecule has 0 saturated heterocycles. The van der Waals surface area contributed by atoms with Crippen molar-refractivity contribution in [3.8, 4) is 0 Å². The standard InChI is InChI=1S/C13H28N4/c1-4-10-17(11(2)3)13(16-14)15-12-8-6-5-7-9-12/h11-12H,4-10,14H2,1-3H3,(H,15,16). The lowest BCUT2D eigenvalue weighted by Crippen LogP contribution is -2.49. The molecular weight excluding hydrogens is 212 g/mol. The maximum Gasteiger partial charge on any atom is 0.208 e. The van der Waals surface area contributed by atoms with E-state index < -0.39 is 0 Å². The fraction of sp³-hybridized carbons (Fsp3) is 0.923. The van der Waals surface area contributed by atoms with Crippen LogP contribution in [-0.2, 0) is 0 Å². The summed E-state index contributed by atoms with van der Waals surface area (Å²) in [6.45, 7) is 7.56. The summed E-state index contributed by atoms with van der Waals surface area (Å²) in [5.41, 5.74) is 2.79. The van der Waals surface area contributed by atoms with Crippen molar-refractivity contribution in [2.75, 3.05) is 6.54 Å². The molecule has 0 spiro atoms. The van der Waals surface area contributed by atoms with Gasteiger partial charge >= 0.3 is 0 Å². The highest BCUT2D eigenvalue weighted by molar-refractivity contribution is 5.79. The van der Waals surface area contributed by atoms with Crippen molar-refractivity contribution in [1.82, 2.24) is 10.3 Å². The van der Waals surface area contributed by atoms with Crippen LogP contribution in [0.4, 0.5) is 0 Å². The first kappa shape index (κ1) is 14.3. The Balaban J connectivity index is 2.68. The Hall–Kier alpha value is -0.770. The normalized spacial score (nSPS) is 18.5. The molecule has 4 heteroatoms. The zero-order valence-corrected chi connectivity index (χ0v) is 11.6. The molecule has 0 aliphatic heterocycles. The van der Waals surface area contributed by atoms with Gasteiger partial charge in [-0.15, -0.1) is 0 Å². The molecule has 3 N–H and O–H groups in total. The molecule has 1 aliphatic carbocycles. The fourth-order valence-electron chi connectivity index (χ4n) is 2.43. The Labute approximate surface area is 106 Å². The maximum atomic E-state index is 5.64. The molecule has 1 fully saturated rings. The highest BCUT2D eigenvalue weighted by Gasteiger charge is 2.17. The van der Waals surface area contributed by atoms with E-state index in [9.17, 15) is 0 Å². The van der Waals surface area contributed by atoms with Gasteiger partial charge in [0, 0.05) is 12.6 Å². The van der Waals surface area contributed by atoms with Crippen molar-refractivity contribution in [2.24, 2.45) is 10.8 Å². The summed E-state index contributed by atoms with van der Waals surface area (Å²) in [6.07, 6.45) is 7.51. The van der Waals surface area contributed by atoms with Gasteiger partial charge in [0.05, 0.1) is 6.04 Å². The Morgan fingerprint density at radius 2 is 2.00 bits per heavy atom. The van der Waals surface area contributed by atoms with E-state index in [0.29, 0.717) is 12.1 Å². The zero-order chi connectivity index (χ0) is 12.7. The molecule has 0 amide bonds. The molecule has 0 unspecified atom stereocenters. The SMILES string of the molecule is CCCN(C(=NC1CCCCC1)NN)C(C)C. The molecule has 0 aromatic rings. The monoisotopic (exact) mass is 240 g/mol. The summed E-state index contributed by atoms with van der Waals surface area (Å²) >= 11 is 0. The Kier molecular flexibility index (Phi) is 6.34. The number of hydrazine groups is 1. The summed E-state index contributed by atoms with van der Waals surface area (Å²) < 4.78 is 0. The lowest BCUT2D eigenvalue weighted by atomic mass is 9.96. The van der Waals surface area contributed by atoms with Gasteiger partial charge in [-0.25, -0.2) is 10.8 Å². The number of hydrogen-bond donors (Lipinski definition) is 2. The lowest BCUT2D eigenvalue weighted by Gasteiger charge is -2.30. The van der Waals surface area contributed by atoms with Gasteiger partial charge in [-0.1, -0.05) is 26.2 Å². The van der Waals surface area contributed by atoms with Gasteiger partial charge < -0.3 is 4.90 Å². The van der Waals surface area contributed by atoms with Crippen molar-refractivity contribution >= 4 is 5.96 Å². The highest BCUT2D eigenvalue weighted by atomic mass is 15.4. The van der Waals surface area contributed by atoms with Crippen LogP contribution in [0, 0.1) is 0 Å². The van der Waals surface area contributed by atoms with Gasteiger partial charge in [0.25, 0.3) is 0 Å². The number of hydrogen-bond acceptors (Lipinski definition) is 2. The van der Waals surface area contributed by atoms with Gasteiger partial charge in [0.15, 0.2) is 0 Å².